The van der Waals surface area contributed by atoms with E-state index >= 15 is 0 Å². The molecule has 1 heterocycles. The summed E-state index contributed by atoms with van der Waals surface area (Å²) in [6.45, 7) is 5.94. The molecule has 0 atom stereocenters. The molecule has 0 spiro atoms. The van der Waals surface area contributed by atoms with Gasteiger partial charge in [-0.3, -0.25) is 0 Å². The molecule has 0 aromatic heterocycles. The van der Waals surface area contributed by atoms with Gasteiger partial charge in [0.2, 0.25) is 10.0 Å². The number of hydrogen-bond donors (Lipinski definition) is 0. The van der Waals surface area contributed by atoms with Gasteiger partial charge in [0.05, 0.1) is 10.8 Å². The molecule has 0 unspecified atom stereocenters. The van der Waals surface area contributed by atoms with E-state index in [0.717, 1.165) is 12.8 Å². The van der Waals surface area contributed by atoms with Gasteiger partial charge in [0.25, 0.3) is 0 Å². The van der Waals surface area contributed by atoms with Crippen LogP contribution in [0.2, 0.25) is 0 Å². The first-order valence-corrected chi connectivity index (χ1v) is 9.12. The van der Waals surface area contributed by atoms with E-state index in [9.17, 15) is 8.42 Å². The molecule has 1 aliphatic rings. The lowest BCUT2D eigenvalue weighted by Gasteiger charge is -2.36. The van der Waals surface area contributed by atoms with E-state index < -0.39 is 10.0 Å². The number of ether oxygens (including phenoxy) is 1. The minimum Gasteiger partial charge on any atom is -0.492 e. The highest BCUT2D eigenvalue weighted by Gasteiger charge is 2.32. The van der Waals surface area contributed by atoms with Crippen molar-refractivity contribution in [3.63, 3.8) is 0 Å². The minimum atomic E-state index is -3.40. The molecule has 0 saturated carbocycles. The van der Waals surface area contributed by atoms with Crippen molar-refractivity contribution in [3.8, 4) is 5.75 Å². The van der Waals surface area contributed by atoms with Crippen LogP contribution in [-0.2, 0) is 10.0 Å². The van der Waals surface area contributed by atoms with E-state index in [1.807, 2.05) is 0 Å². The summed E-state index contributed by atoms with van der Waals surface area (Å²) in [6, 6.07) is 6.54. The molecule has 0 radical (unpaired) electrons. The van der Waals surface area contributed by atoms with Gasteiger partial charge in [0.1, 0.15) is 12.4 Å². The lowest BCUT2D eigenvalue weighted by atomic mass is 9.83. The van der Waals surface area contributed by atoms with Crippen molar-refractivity contribution in [1.29, 1.82) is 0 Å². The average molecular weight is 332 g/mol. The Balaban J connectivity index is 2.09. The van der Waals surface area contributed by atoms with Gasteiger partial charge >= 0.3 is 0 Å². The number of benzene rings is 1. The Morgan fingerprint density at radius 1 is 1.19 bits per heavy atom. The molecule has 1 aliphatic heterocycles. The molecule has 0 N–H and O–H groups in total. The number of piperidine rings is 1. The summed E-state index contributed by atoms with van der Waals surface area (Å²) in [5.41, 5.74) is 0.227. The number of sulfonamides is 1. The van der Waals surface area contributed by atoms with Crippen molar-refractivity contribution in [2.45, 2.75) is 31.6 Å². The molecule has 1 aromatic rings. The fourth-order valence-electron chi connectivity index (χ4n) is 2.35. The number of rotatable bonds is 5. The molecular formula is C15H22ClNO3S. The average Bonchev–Trinajstić information content (AvgIpc) is 2.45. The first-order chi connectivity index (χ1) is 9.85. The van der Waals surface area contributed by atoms with Crippen LogP contribution in [0.25, 0.3) is 0 Å². The summed E-state index contributed by atoms with van der Waals surface area (Å²) in [7, 11) is -3.40. The lowest BCUT2D eigenvalue weighted by molar-refractivity contribution is 0.196. The van der Waals surface area contributed by atoms with Crippen molar-refractivity contribution >= 4 is 21.6 Å². The normalized spacial score (nSPS) is 19.4. The van der Waals surface area contributed by atoms with Crippen molar-refractivity contribution < 1.29 is 13.2 Å². The number of nitrogens with zero attached hydrogens (tertiary/aromatic N) is 1. The molecule has 1 fully saturated rings. The topological polar surface area (TPSA) is 46.6 Å². The Kier molecular flexibility index (Phi) is 5.17. The summed E-state index contributed by atoms with van der Waals surface area (Å²) in [5.74, 6) is 1.04. The van der Waals surface area contributed by atoms with Crippen LogP contribution in [0.1, 0.15) is 26.7 Å². The molecule has 1 saturated heterocycles. The molecule has 4 nitrogen and oxygen atoms in total. The number of hydrogen-bond acceptors (Lipinski definition) is 3. The number of halogens is 1. The third-order valence-electron chi connectivity index (χ3n) is 3.88. The minimum absolute atomic E-state index is 0.227. The molecule has 0 amide bonds. The Morgan fingerprint density at radius 3 is 2.29 bits per heavy atom. The van der Waals surface area contributed by atoms with Crippen LogP contribution in [0.5, 0.6) is 5.75 Å². The molecule has 2 rings (SSSR count). The highest BCUT2D eigenvalue weighted by Crippen LogP contribution is 2.32. The summed E-state index contributed by atoms with van der Waals surface area (Å²) in [5, 5.41) is 0. The van der Waals surface area contributed by atoms with Crippen LogP contribution in [0.15, 0.2) is 29.2 Å². The smallest absolute Gasteiger partial charge is 0.243 e. The quantitative estimate of drug-likeness (QED) is 0.779. The second-order valence-corrected chi connectivity index (χ2v) is 8.39. The third-order valence-corrected chi connectivity index (χ3v) is 5.95. The van der Waals surface area contributed by atoms with Gasteiger partial charge in [-0.2, -0.15) is 4.31 Å². The first kappa shape index (κ1) is 16.6. The fraction of sp³-hybridized carbons (Fsp3) is 0.600. The van der Waals surface area contributed by atoms with E-state index in [-0.39, 0.29) is 5.41 Å². The monoisotopic (exact) mass is 331 g/mol. The van der Waals surface area contributed by atoms with Crippen molar-refractivity contribution in [1.82, 2.24) is 4.31 Å². The van der Waals surface area contributed by atoms with E-state index in [1.54, 1.807) is 28.6 Å². The Bertz CT molecular complexity index is 559. The SMILES string of the molecule is CC1(C)CCN(S(=O)(=O)c2ccc(OCCCl)cc2)CC1. The fourth-order valence-corrected chi connectivity index (χ4v) is 3.86. The van der Waals surface area contributed by atoms with E-state index in [0.29, 0.717) is 36.2 Å². The Hall–Kier alpha value is -0.780. The van der Waals surface area contributed by atoms with Gasteiger partial charge in [-0.25, -0.2) is 8.42 Å². The summed E-state index contributed by atoms with van der Waals surface area (Å²) >= 11 is 5.55. The van der Waals surface area contributed by atoms with E-state index in [2.05, 4.69) is 13.8 Å². The summed E-state index contributed by atoms with van der Waals surface area (Å²) in [4.78, 5) is 0.320. The van der Waals surface area contributed by atoms with Crippen LogP contribution >= 0.6 is 11.6 Å². The highest BCUT2D eigenvalue weighted by atomic mass is 35.5. The molecule has 21 heavy (non-hydrogen) atoms. The standard InChI is InChI=1S/C15H22ClNO3S/c1-15(2)7-10-17(11-8-15)21(18,19)14-5-3-13(4-6-14)20-12-9-16/h3-6H,7-12H2,1-2H3. The van der Waals surface area contributed by atoms with Crippen molar-refractivity contribution in [2.75, 3.05) is 25.6 Å². The Labute approximate surface area is 132 Å². The van der Waals surface area contributed by atoms with Crippen LogP contribution in [0, 0.1) is 5.41 Å². The second-order valence-electron chi connectivity index (χ2n) is 6.08. The zero-order chi connectivity index (χ0) is 15.5. The second kappa shape index (κ2) is 6.55. The maximum atomic E-state index is 12.6. The van der Waals surface area contributed by atoms with Crippen LogP contribution in [-0.4, -0.2) is 38.3 Å². The largest absolute Gasteiger partial charge is 0.492 e. The van der Waals surface area contributed by atoms with Crippen molar-refractivity contribution in [2.24, 2.45) is 5.41 Å². The van der Waals surface area contributed by atoms with E-state index in [1.165, 1.54) is 0 Å². The highest BCUT2D eigenvalue weighted by molar-refractivity contribution is 7.89. The van der Waals surface area contributed by atoms with Gasteiger partial charge in [-0.05, 0) is 42.5 Å². The zero-order valence-electron chi connectivity index (χ0n) is 12.5. The predicted octanol–water partition coefficient (Wildman–Crippen LogP) is 3.11. The summed E-state index contributed by atoms with van der Waals surface area (Å²) < 4.78 is 32.1. The molecule has 0 bridgehead atoms. The summed E-state index contributed by atoms with van der Waals surface area (Å²) in [6.07, 6.45) is 1.78. The molecule has 6 heteroatoms. The van der Waals surface area contributed by atoms with Gasteiger partial charge in [-0.1, -0.05) is 13.8 Å². The maximum absolute atomic E-state index is 12.6. The van der Waals surface area contributed by atoms with E-state index in [4.69, 9.17) is 16.3 Å². The first-order valence-electron chi connectivity index (χ1n) is 7.14. The van der Waals surface area contributed by atoms with Crippen molar-refractivity contribution in [3.05, 3.63) is 24.3 Å². The van der Waals surface area contributed by atoms with Crippen LogP contribution < -0.4 is 4.74 Å². The lowest BCUT2D eigenvalue weighted by Crippen LogP contribution is -2.41. The van der Waals surface area contributed by atoms with Gasteiger partial charge < -0.3 is 4.74 Å². The zero-order valence-corrected chi connectivity index (χ0v) is 14.1. The predicted molar refractivity (Wildman–Crippen MR) is 84.4 cm³/mol. The molecule has 1 aromatic carbocycles. The van der Waals surface area contributed by atoms with Crippen LogP contribution in [0.3, 0.4) is 0 Å². The maximum Gasteiger partial charge on any atom is 0.243 e. The molecule has 0 aliphatic carbocycles. The third kappa shape index (κ3) is 4.11. The van der Waals surface area contributed by atoms with Gasteiger partial charge in [0.15, 0.2) is 0 Å². The molecule has 118 valence electrons. The molecular weight excluding hydrogens is 310 g/mol. The van der Waals surface area contributed by atoms with Crippen LogP contribution in [0.4, 0.5) is 0 Å². The Morgan fingerprint density at radius 2 is 1.76 bits per heavy atom. The van der Waals surface area contributed by atoms with Gasteiger partial charge in [0, 0.05) is 13.1 Å². The number of alkyl halides is 1. The van der Waals surface area contributed by atoms with Gasteiger partial charge in [-0.15, -0.1) is 11.6 Å².